The van der Waals surface area contributed by atoms with E-state index in [4.69, 9.17) is 0 Å². The topological polar surface area (TPSA) is 130 Å². The van der Waals surface area contributed by atoms with Crippen molar-refractivity contribution in [1.29, 1.82) is 0 Å². The molecular weight excluding hydrogens is 540 g/mol. The van der Waals surface area contributed by atoms with Crippen molar-refractivity contribution < 1.29 is 22.9 Å². The number of nitrogens with zero attached hydrogens (tertiary/aromatic N) is 3. The maximum absolute atomic E-state index is 13.5. The Kier molecular flexibility index (Phi) is 9.78. The standard InChI is InChI=1S/C23H29BrN4O6S/c1-5-11-25-23(30)17(3)26(14-18-7-6-8-19(24)12-18)22(29)15-27(35(4,33)34)21-13-20(28(31)32)10-9-16(21)2/h6-10,12-13,17H,5,11,14-15H2,1-4H3,(H,25,30)/t17-/m1/s1. The van der Waals surface area contributed by atoms with E-state index in [1.54, 1.807) is 32.0 Å². The lowest BCUT2D eigenvalue weighted by Gasteiger charge is -2.31. The molecule has 0 saturated heterocycles. The number of carbonyl (C=O) groups excluding carboxylic acids is 2. The molecule has 2 aromatic carbocycles. The fraction of sp³-hybridized carbons (Fsp3) is 0.391. The van der Waals surface area contributed by atoms with Crippen LogP contribution in [0.3, 0.4) is 0 Å². The lowest BCUT2D eigenvalue weighted by atomic mass is 10.1. The quantitative estimate of drug-likeness (QED) is 0.326. The maximum atomic E-state index is 13.5. The smallest absolute Gasteiger partial charge is 0.271 e. The largest absolute Gasteiger partial charge is 0.354 e. The molecular formula is C23H29BrN4O6S. The van der Waals surface area contributed by atoms with Gasteiger partial charge in [-0.2, -0.15) is 0 Å². The second kappa shape index (κ2) is 12.1. The minimum absolute atomic E-state index is 0.0283. The van der Waals surface area contributed by atoms with Gasteiger partial charge in [0.05, 0.1) is 16.9 Å². The van der Waals surface area contributed by atoms with Crippen molar-refractivity contribution in [2.24, 2.45) is 0 Å². The fourth-order valence-corrected chi connectivity index (χ4v) is 4.73. The molecule has 0 aliphatic heterocycles. The van der Waals surface area contributed by atoms with Crippen LogP contribution in [0.4, 0.5) is 11.4 Å². The van der Waals surface area contributed by atoms with Crippen molar-refractivity contribution >= 4 is 49.1 Å². The third-order valence-electron chi connectivity index (χ3n) is 5.31. The van der Waals surface area contributed by atoms with Gasteiger partial charge in [0.15, 0.2) is 0 Å². The molecule has 1 N–H and O–H groups in total. The molecule has 2 rings (SSSR count). The first kappa shape index (κ1) is 28.2. The summed E-state index contributed by atoms with van der Waals surface area (Å²) >= 11 is 3.39. The van der Waals surface area contributed by atoms with Crippen LogP contribution in [0, 0.1) is 17.0 Å². The molecule has 0 aliphatic rings. The third-order valence-corrected chi connectivity index (χ3v) is 6.93. The molecule has 0 aliphatic carbocycles. The van der Waals surface area contributed by atoms with Crippen molar-refractivity contribution in [3.8, 4) is 0 Å². The predicted octanol–water partition coefficient (Wildman–Crippen LogP) is 3.38. The zero-order valence-corrected chi connectivity index (χ0v) is 22.4. The van der Waals surface area contributed by atoms with Crippen LogP contribution in [-0.4, -0.2) is 55.4 Å². The number of amides is 2. The summed E-state index contributed by atoms with van der Waals surface area (Å²) < 4.78 is 27.0. The Morgan fingerprint density at radius 1 is 1.20 bits per heavy atom. The number of hydrogen-bond acceptors (Lipinski definition) is 6. The van der Waals surface area contributed by atoms with Crippen LogP contribution < -0.4 is 9.62 Å². The molecule has 10 nitrogen and oxygen atoms in total. The molecule has 190 valence electrons. The molecule has 0 spiro atoms. The summed E-state index contributed by atoms with van der Waals surface area (Å²) in [5, 5.41) is 14.0. The molecule has 0 fully saturated rings. The molecule has 12 heteroatoms. The number of aryl methyl sites for hydroxylation is 1. The average molecular weight is 569 g/mol. The lowest BCUT2D eigenvalue weighted by molar-refractivity contribution is -0.384. The minimum atomic E-state index is -4.00. The normalized spacial score (nSPS) is 12.0. The van der Waals surface area contributed by atoms with Crippen LogP contribution in [0.15, 0.2) is 46.9 Å². The molecule has 0 radical (unpaired) electrons. The maximum Gasteiger partial charge on any atom is 0.271 e. The Bertz CT molecular complexity index is 1200. The molecule has 0 aromatic heterocycles. The van der Waals surface area contributed by atoms with Gasteiger partial charge in [0, 0.05) is 29.7 Å². The van der Waals surface area contributed by atoms with Crippen molar-refractivity contribution in [2.45, 2.75) is 39.8 Å². The highest BCUT2D eigenvalue weighted by Gasteiger charge is 2.31. The van der Waals surface area contributed by atoms with Gasteiger partial charge in [0.25, 0.3) is 5.69 Å². The van der Waals surface area contributed by atoms with Gasteiger partial charge in [0.2, 0.25) is 21.8 Å². The fourth-order valence-electron chi connectivity index (χ4n) is 3.39. The minimum Gasteiger partial charge on any atom is -0.354 e. The monoisotopic (exact) mass is 568 g/mol. The number of sulfonamides is 1. The van der Waals surface area contributed by atoms with Crippen LogP contribution in [0.25, 0.3) is 0 Å². The summed E-state index contributed by atoms with van der Waals surface area (Å²) in [5.74, 6) is -0.993. The second-order valence-electron chi connectivity index (χ2n) is 8.12. The van der Waals surface area contributed by atoms with E-state index in [1.165, 1.54) is 17.0 Å². The van der Waals surface area contributed by atoms with Gasteiger partial charge in [0.1, 0.15) is 12.6 Å². The van der Waals surface area contributed by atoms with Gasteiger partial charge in [-0.25, -0.2) is 8.42 Å². The number of benzene rings is 2. The summed E-state index contributed by atoms with van der Waals surface area (Å²) in [5.41, 5.74) is 0.909. The molecule has 0 unspecified atom stereocenters. The average Bonchev–Trinajstić information content (AvgIpc) is 2.78. The Labute approximate surface area is 213 Å². The molecule has 1 atom stereocenters. The Morgan fingerprint density at radius 3 is 2.46 bits per heavy atom. The number of halogens is 1. The van der Waals surface area contributed by atoms with Gasteiger partial charge < -0.3 is 10.2 Å². The number of nitrogens with one attached hydrogen (secondary N) is 1. The van der Waals surface area contributed by atoms with E-state index in [9.17, 15) is 28.1 Å². The zero-order chi connectivity index (χ0) is 26.3. The summed E-state index contributed by atoms with van der Waals surface area (Å²) in [4.78, 5) is 38.1. The molecule has 2 aromatic rings. The van der Waals surface area contributed by atoms with E-state index in [0.29, 0.717) is 18.5 Å². The van der Waals surface area contributed by atoms with E-state index in [2.05, 4.69) is 21.2 Å². The first-order valence-corrected chi connectivity index (χ1v) is 13.5. The van der Waals surface area contributed by atoms with Crippen LogP contribution in [0.5, 0.6) is 0 Å². The molecule has 0 saturated carbocycles. The highest BCUT2D eigenvalue weighted by molar-refractivity contribution is 9.10. The van der Waals surface area contributed by atoms with Crippen molar-refractivity contribution in [1.82, 2.24) is 10.2 Å². The molecule has 0 bridgehead atoms. The summed E-state index contributed by atoms with van der Waals surface area (Å²) in [6, 6.07) is 10.1. The molecule has 2 amide bonds. The van der Waals surface area contributed by atoms with E-state index < -0.39 is 33.4 Å². The van der Waals surface area contributed by atoms with E-state index in [-0.39, 0.29) is 23.8 Å². The van der Waals surface area contributed by atoms with Crippen LogP contribution in [0.2, 0.25) is 0 Å². The highest BCUT2D eigenvalue weighted by Crippen LogP contribution is 2.28. The third kappa shape index (κ3) is 7.76. The number of nitro benzene ring substituents is 1. The van der Waals surface area contributed by atoms with Crippen LogP contribution >= 0.6 is 15.9 Å². The van der Waals surface area contributed by atoms with Crippen LogP contribution in [0.1, 0.15) is 31.4 Å². The number of anilines is 1. The first-order chi connectivity index (χ1) is 16.3. The number of carbonyl (C=O) groups is 2. The zero-order valence-electron chi connectivity index (χ0n) is 20.0. The summed E-state index contributed by atoms with van der Waals surface area (Å²) in [7, 11) is -4.00. The second-order valence-corrected chi connectivity index (χ2v) is 10.9. The summed E-state index contributed by atoms with van der Waals surface area (Å²) in [6.45, 7) is 4.95. The highest BCUT2D eigenvalue weighted by atomic mass is 79.9. The number of non-ortho nitro benzene ring substituents is 1. The van der Waals surface area contributed by atoms with Gasteiger partial charge in [-0.05, 0) is 43.5 Å². The Balaban J connectivity index is 2.47. The predicted molar refractivity (Wildman–Crippen MR) is 137 cm³/mol. The van der Waals surface area contributed by atoms with Crippen molar-refractivity contribution in [3.05, 3.63) is 68.2 Å². The first-order valence-electron chi connectivity index (χ1n) is 10.9. The van der Waals surface area contributed by atoms with Crippen molar-refractivity contribution in [2.75, 3.05) is 23.7 Å². The SMILES string of the molecule is CCCNC(=O)[C@@H](C)N(Cc1cccc(Br)c1)C(=O)CN(c1cc([N+](=O)[O-])ccc1C)S(C)(=O)=O. The van der Waals surface area contributed by atoms with E-state index in [0.717, 1.165) is 26.7 Å². The van der Waals surface area contributed by atoms with Gasteiger partial charge in [-0.1, -0.05) is 41.1 Å². The van der Waals surface area contributed by atoms with Crippen LogP contribution in [-0.2, 0) is 26.2 Å². The Hall–Kier alpha value is -2.99. The van der Waals surface area contributed by atoms with E-state index in [1.807, 2.05) is 13.0 Å². The number of rotatable bonds is 11. The number of nitro groups is 1. The Morgan fingerprint density at radius 2 is 1.89 bits per heavy atom. The molecule has 35 heavy (non-hydrogen) atoms. The number of hydrogen-bond donors (Lipinski definition) is 1. The van der Waals surface area contributed by atoms with E-state index >= 15 is 0 Å². The van der Waals surface area contributed by atoms with Gasteiger partial charge >= 0.3 is 0 Å². The molecule has 0 heterocycles. The van der Waals surface area contributed by atoms with Crippen molar-refractivity contribution in [3.63, 3.8) is 0 Å². The lowest BCUT2D eigenvalue weighted by Crippen LogP contribution is -2.51. The summed E-state index contributed by atoms with van der Waals surface area (Å²) in [6.07, 6.45) is 1.64. The van der Waals surface area contributed by atoms with Gasteiger partial charge in [-0.15, -0.1) is 0 Å². The van der Waals surface area contributed by atoms with Gasteiger partial charge in [-0.3, -0.25) is 24.0 Å².